The summed E-state index contributed by atoms with van der Waals surface area (Å²) in [5.41, 5.74) is 8.04. The van der Waals surface area contributed by atoms with Gasteiger partial charge in [-0.3, -0.25) is 0 Å². The average Bonchev–Trinajstić information content (AvgIpc) is 3.09. The zero-order valence-electron chi connectivity index (χ0n) is 14.4. The number of rotatable bonds is 4. The van der Waals surface area contributed by atoms with Crippen LogP contribution in [0.15, 0.2) is 24.5 Å². The monoisotopic (exact) mass is 341 g/mol. The van der Waals surface area contributed by atoms with E-state index < -0.39 is 0 Å². The van der Waals surface area contributed by atoms with Crippen molar-refractivity contribution in [1.82, 2.24) is 9.97 Å². The molecule has 1 saturated heterocycles. The molecule has 25 heavy (non-hydrogen) atoms. The predicted molar refractivity (Wildman–Crippen MR) is 97.0 cm³/mol. The van der Waals surface area contributed by atoms with Crippen LogP contribution in [0.25, 0.3) is 0 Å². The molecule has 7 nitrogen and oxygen atoms in total. The van der Waals surface area contributed by atoms with Crippen LogP contribution in [-0.2, 0) is 6.54 Å². The number of fused-ring (bicyclic) bond motifs is 1. The van der Waals surface area contributed by atoms with Crippen LogP contribution in [0.1, 0.15) is 31.7 Å². The van der Waals surface area contributed by atoms with Crippen molar-refractivity contribution < 1.29 is 9.47 Å². The highest BCUT2D eigenvalue weighted by Gasteiger charge is 2.23. The van der Waals surface area contributed by atoms with Gasteiger partial charge in [-0.15, -0.1) is 0 Å². The second-order valence-corrected chi connectivity index (χ2v) is 6.54. The van der Waals surface area contributed by atoms with Gasteiger partial charge in [-0.2, -0.15) is 0 Å². The highest BCUT2D eigenvalue weighted by molar-refractivity contribution is 5.75. The molecule has 2 aromatic rings. The Morgan fingerprint density at radius 2 is 2.12 bits per heavy atom. The van der Waals surface area contributed by atoms with Crippen LogP contribution in [0.3, 0.4) is 0 Å². The first kappa shape index (κ1) is 15.8. The lowest BCUT2D eigenvalue weighted by molar-refractivity contribution is 0.174. The topological polar surface area (TPSA) is 85.5 Å². The summed E-state index contributed by atoms with van der Waals surface area (Å²) in [7, 11) is 0. The van der Waals surface area contributed by atoms with E-state index in [0.717, 1.165) is 29.4 Å². The van der Waals surface area contributed by atoms with Crippen molar-refractivity contribution in [2.75, 3.05) is 29.3 Å². The van der Waals surface area contributed by atoms with Crippen molar-refractivity contribution in [3.05, 3.63) is 30.1 Å². The van der Waals surface area contributed by atoms with Gasteiger partial charge in [-0.05, 0) is 43.9 Å². The molecule has 1 unspecified atom stereocenters. The fourth-order valence-electron chi connectivity index (χ4n) is 3.41. The maximum Gasteiger partial charge on any atom is 0.231 e. The predicted octanol–water partition coefficient (Wildman–Crippen LogP) is 2.78. The normalized spacial score (nSPS) is 19.1. The molecule has 132 valence electrons. The fraction of sp³-hybridized carbons (Fsp3) is 0.444. The number of nitrogens with one attached hydrogen (secondary N) is 1. The highest BCUT2D eigenvalue weighted by atomic mass is 16.7. The Balaban J connectivity index is 1.50. The lowest BCUT2D eigenvalue weighted by atomic mass is 10.0. The van der Waals surface area contributed by atoms with E-state index in [4.69, 9.17) is 15.2 Å². The number of nitrogen functional groups attached to an aromatic ring is 1. The number of hydrogen-bond acceptors (Lipinski definition) is 7. The summed E-state index contributed by atoms with van der Waals surface area (Å²) in [5.74, 6) is 3.06. The molecule has 1 fully saturated rings. The van der Waals surface area contributed by atoms with Crippen LogP contribution in [-0.4, -0.2) is 29.3 Å². The third-order valence-corrected chi connectivity index (χ3v) is 4.83. The summed E-state index contributed by atoms with van der Waals surface area (Å²) in [6.45, 7) is 4.10. The Labute approximate surface area is 147 Å². The zero-order valence-corrected chi connectivity index (χ0v) is 14.4. The molecule has 1 aromatic heterocycles. The van der Waals surface area contributed by atoms with Gasteiger partial charge in [0.25, 0.3) is 0 Å². The molecule has 3 N–H and O–H groups in total. The Morgan fingerprint density at radius 1 is 1.24 bits per heavy atom. The second kappa shape index (κ2) is 6.66. The van der Waals surface area contributed by atoms with Crippen molar-refractivity contribution in [1.29, 1.82) is 0 Å². The smallest absolute Gasteiger partial charge is 0.231 e. The summed E-state index contributed by atoms with van der Waals surface area (Å²) in [6.07, 6.45) is 5.18. The highest BCUT2D eigenvalue weighted by Crippen LogP contribution is 2.34. The second-order valence-electron chi connectivity index (χ2n) is 6.54. The Morgan fingerprint density at radius 3 is 3.00 bits per heavy atom. The van der Waals surface area contributed by atoms with E-state index in [1.807, 2.05) is 18.2 Å². The number of benzene rings is 1. The van der Waals surface area contributed by atoms with Gasteiger partial charge in [-0.1, -0.05) is 6.07 Å². The standard InChI is InChI=1S/C18H23N5O2/c1-12-4-2-3-7-23(12)18-16(19)17(21-10-22-18)20-9-13-5-6-14-15(8-13)25-11-24-14/h5-6,8,10,12H,2-4,7,9,11,19H2,1H3,(H,20,21,22). The molecule has 0 amide bonds. The Bertz CT molecular complexity index is 767. The summed E-state index contributed by atoms with van der Waals surface area (Å²) in [5, 5.41) is 3.32. The molecule has 2 aliphatic rings. The number of anilines is 3. The van der Waals surface area contributed by atoms with Gasteiger partial charge in [0.05, 0.1) is 0 Å². The summed E-state index contributed by atoms with van der Waals surface area (Å²) in [4.78, 5) is 11.0. The lowest BCUT2D eigenvalue weighted by Gasteiger charge is -2.35. The van der Waals surface area contributed by atoms with Crippen molar-refractivity contribution in [3.63, 3.8) is 0 Å². The molecule has 1 atom stereocenters. The largest absolute Gasteiger partial charge is 0.454 e. The van der Waals surface area contributed by atoms with Gasteiger partial charge in [0.15, 0.2) is 23.1 Å². The minimum atomic E-state index is 0.280. The zero-order chi connectivity index (χ0) is 17.2. The third-order valence-electron chi connectivity index (χ3n) is 4.83. The molecular formula is C18H23N5O2. The van der Waals surface area contributed by atoms with Gasteiger partial charge < -0.3 is 25.4 Å². The molecule has 3 heterocycles. The minimum absolute atomic E-state index is 0.280. The van der Waals surface area contributed by atoms with Gasteiger partial charge >= 0.3 is 0 Å². The van der Waals surface area contributed by atoms with Crippen molar-refractivity contribution in [2.45, 2.75) is 38.8 Å². The SMILES string of the molecule is CC1CCCCN1c1ncnc(NCc2ccc3c(c2)OCO3)c1N. The first-order valence-electron chi connectivity index (χ1n) is 8.72. The summed E-state index contributed by atoms with van der Waals surface area (Å²) < 4.78 is 10.8. The maximum atomic E-state index is 6.36. The van der Waals surface area contributed by atoms with Crippen LogP contribution in [0.5, 0.6) is 11.5 Å². The molecule has 4 rings (SSSR count). The lowest BCUT2D eigenvalue weighted by Crippen LogP contribution is -2.38. The number of aromatic nitrogens is 2. The Hall–Kier alpha value is -2.70. The number of hydrogen-bond donors (Lipinski definition) is 2. The number of piperidine rings is 1. The van der Waals surface area contributed by atoms with Gasteiger partial charge in [0.2, 0.25) is 6.79 Å². The first-order valence-corrected chi connectivity index (χ1v) is 8.72. The number of nitrogens with two attached hydrogens (primary N) is 1. The molecule has 1 aromatic carbocycles. The van der Waals surface area contributed by atoms with Crippen molar-refractivity contribution >= 4 is 17.3 Å². The van der Waals surface area contributed by atoms with E-state index >= 15 is 0 Å². The van der Waals surface area contributed by atoms with E-state index in [1.165, 1.54) is 19.3 Å². The van der Waals surface area contributed by atoms with Gasteiger partial charge in [-0.25, -0.2) is 9.97 Å². The Kier molecular flexibility index (Phi) is 4.21. The van der Waals surface area contributed by atoms with Gasteiger partial charge in [0.1, 0.15) is 12.0 Å². The molecule has 0 spiro atoms. The van der Waals surface area contributed by atoms with E-state index in [0.29, 0.717) is 24.1 Å². The third kappa shape index (κ3) is 3.14. The van der Waals surface area contributed by atoms with E-state index in [9.17, 15) is 0 Å². The molecule has 0 saturated carbocycles. The molecule has 7 heteroatoms. The van der Waals surface area contributed by atoms with Crippen LogP contribution in [0.2, 0.25) is 0 Å². The van der Waals surface area contributed by atoms with E-state index in [-0.39, 0.29) is 6.79 Å². The summed E-state index contributed by atoms with van der Waals surface area (Å²) in [6, 6.07) is 6.35. The van der Waals surface area contributed by atoms with Crippen LogP contribution < -0.4 is 25.4 Å². The van der Waals surface area contributed by atoms with Gasteiger partial charge in [0, 0.05) is 19.1 Å². The molecular weight excluding hydrogens is 318 g/mol. The van der Waals surface area contributed by atoms with Crippen LogP contribution in [0, 0.1) is 0 Å². The van der Waals surface area contributed by atoms with E-state index in [1.54, 1.807) is 6.33 Å². The number of ether oxygens (including phenoxy) is 2. The average molecular weight is 341 g/mol. The van der Waals surface area contributed by atoms with Crippen molar-refractivity contribution in [3.8, 4) is 11.5 Å². The molecule has 2 aliphatic heterocycles. The van der Waals surface area contributed by atoms with Crippen LogP contribution in [0.4, 0.5) is 17.3 Å². The quantitative estimate of drug-likeness (QED) is 0.884. The molecule has 0 radical (unpaired) electrons. The van der Waals surface area contributed by atoms with Crippen LogP contribution >= 0.6 is 0 Å². The number of nitrogens with zero attached hydrogens (tertiary/aromatic N) is 3. The fourth-order valence-corrected chi connectivity index (χ4v) is 3.41. The molecule has 0 aliphatic carbocycles. The van der Waals surface area contributed by atoms with Crippen molar-refractivity contribution in [2.24, 2.45) is 0 Å². The van der Waals surface area contributed by atoms with E-state index in [2.05, 4.69) is 27.1 Å². The molecule has 0 bridgehead atoms. The first-order chi connectivity index (χ1) is 12.2. The minimum Gasteiger partial charge on any atom is -0.454 e. The summed E-state index contributed by atoms with van der Waals surface area (Å²) >= 11 is 0. The maximum absolute atomic E-state index is 6.36.